The smallest absolute Gasteiger partial charge is 0.392 e. The summed E-state index contributed by atoms with van der Waals surface area (Å²) in [5.41, 5.74) is 2.43. The van der Waals surface area contributed by atoms with E-state index in [9.17, 15) is 18.0 Å². The van der Waals surface area contributed by atoms with Crippen molar-refractivity contribution in [3.8, 4) is 5.75 Å². The number of nitrogens with one attached hydrogen (secondary N) is 2. The highest BCUT2D eigenvalue weighted by Crippen LogP contribution is 2.23. The number of hydrogen-bond acceptors (Lipinski definition) is 5. The van der Waals surface area contributed by atoms with Gasteiger partial charge in [-0.1, -0.05) is 13.8 Å². The van der Waals surface area contributed by atoms with Gasteiger partial charge in [0.2, 0.25) is 0 Å². The van der Waals surface area contributed by atoms with Gasteiger partial charge in [-0.15, -0.1) is 0 Å². The van der Waals surface area contributed by atoms with Gasteiger partial charge >= 0.3 is 6.18 Å². The topological polar surface area (TPSA) is 76.1 Å². The van der Waals surface area contributed by atoms with Gasteiger partial charge in [-0.3, -0.25) is 4.79 Å². The van der Waals surface area contributed by atoms with Gasteiger partial charge in [0.15, 0.2) is 0 Å². The van der Waals surface area contributed by atoms with E-state index in [1.54, 1.807) is 6.92 Å². The molecule has 0 fully saturated rings. The van der Waals surface area contributed by atoms with Crippen molar-refractivity contribution in [1.82, 2.24) is 15.3 Å². The molecule has 0 saturated carbocycles. The Bertz CT molecular complexity index is 901. The van der Waals surface area contributed by atoms with Crippen molar-refractivity contribution >= 4 is 11.7 Å². The molecule has 0 aliphatic heterocycles. The van der Waals surface area contributed by atoms with Crippen LogP contribution in [0.4, 0.5) is 19.0 Å². The number of carbonyl (C=O) groups excluding carboxylic acids is 1. The quantitative estimate of drug-likeness (QED) is 0.577. The average Bonchev–Trinajstić information content (AvgIpc) is 2.66. The number of amides is 1. The maximum absolute atomic E-state index is 12.6. The van der Waals surface area contributed by atoms with E-state index in [0.717, 1.165) is 23.6 Å². The van der Waals surface area contributed by atoms with Crippen molar-refractivity contribution in [2.75, 3.05) is 18.5 Å². The highest BCUT2D eigenvalue weighted by molar-refractivity contribution is 5.92. The molecule has 9 heteroatoms. The summed E-state index contributed by atoms with van der Waals surface area (Å²) in [4.78, 5) is 21.1. The largest absolute Gasteiger partial charge is 0.491 e. The Morgan fingerprint density at radius 3 is 2.48 bits per heavy atom. The summed E-state index contributed by atoms with van der Waals surface area (Å²) >= 11 is 0. The molecule has 0 saturated heterocycles. The van der Waals surface area contributed by atoms with E-state index in [-0.39, 0.29) is 23.4 Å². The minimum Gasteiger partial charge on any atom is -0.491 e. The Morgan fingerprint density at radius 2 is 1.87 bits per heavy atom. The van der Waals surface area contributed by atoms with Crippen LogP contribution in [0.25, 0.3) is 0 Å². The number of hydrogen-bond donors (Lipinski definition) is 2. The van der Waals surface area contributed by atoms with Crippen LogP contribution in [0.5, 0.6) is 5.75 Å². The number of aromatic nitrogens is 2. The number of anilines is 1. The molecular formula is C22H29F3N4O2. The van der Waals surface area contributed by atoms with Gasteiger partial charge in [0.25, 0.3) is 5.91 Å². The number of halogens is 3. The molecule has 1 atom stereocenters. The van der Waals surface area contributed by atoms with Crippen LogP contribution < -0.4 is 15.4 Å². The molecule has 170 valence electrons. The summed E-state index contributed by atoms with van der Waals surface area (Å²) in [5.74, 6) is 1.06. The van der Waals surface area contributed by atoms with Crippen LogP contribution in [-0.4, -0.2) is 35.2 Å². The summed E-state index contributed by atoms with van der Waals surface area (Å²) in [6, 6.07) is 5.01. The molecule has 2 aromatic heterocycles. The Hall–Kier alpha value is -2.84. The van der Waals surface area contributed by atoms with Crippen LogP contribution in [0.15, 0.2) is 24.4 Å². The Balaban J connectivity index is 2.03. The zero-order valence-corrected chi connectivity index (χ0v) is 18.4. The van der Waals surface area contributed by atoms with E-state index in [1.165, 1.54) is 12.3 Å². The van der Waals surface area contributed by atoms with Crippen LogP contribution in [0.1, 0.15) is 60.5 Å². The lowest BCUT2D eigenvalue weighted by molar-refractivity contribution is -0.139. The predicted molar refractivity (Wildman–Crippen MR) is 113 cm³/mol. The zero-order valence-electron chi connectivity index (χ0n) is 18.4. The number of alkyl halides is 3. The van der Waals surface area contributed by atoms with Gasteiger partial charge in [0.1, 0.15) is 17.3 Å². The lowest BCUT2D eigenvalue weighted by Crippen LogP contribution is -2.27. The minimum atomic E-state index is -4.28. The van der Waals surface area contributed by atoms with Crippen molar-refractivity contribution < 1.29 is 22.7 Å². The van der Waals surface area contributed by atoms with Gasteiger partial charge in [0.05, 0.1) is 25.3 Å². The third kappa shape index (κ3) is 8.07. The van der Waals surface area contributed by atoms with E-state index in [1.807, 2.05) is 26.0 Å². The summed E-state index contributed by atoms with van der Waals surface area (Å²) in [6.07, 6.45) is -4.06. The summed E-state index contributed by atoms with van der Waals surface area (Å²) in [5, 5.41) is 6.18. The summed E-state index contributed by atoms with van der Waals surface area (Å²) in [6.45, 7) is 9.91. The first kappa shape index (κ1) is 24.4. The molecule has 2 aromatic rings. The molecule has 0 aliphatic rings. The Morgan fingerprint density at radius 1 is 1.16 bits per heavy atom. The molecule has 0 bridgehead atoms. The van der Waals surface area contributed by atoms with Crippen molar-refractivity contribution in [3.05, 3.63) is 46.9 Å². The first-order valence-electron chi connectivity index (χ1n) is 10.1. The van der Waals surface area contributed by atoms with Crippen LogP contribution >= 0.6 is 0 Å². The number of pyridine rings is 2. The van der Waals surface area contributed by atoms with Gasteiger partial charge < -0.3 is 15.4 Å². The maximum Gasteiger partial charge on any atom is 0.392 e. The Kier molecular flexibility index (Phi) is 8.24. The number of nitrogens with zero attached hydrogens (tertiary/aromatic N) is 2. The fourth-order valence-corrected chi connectivity index (χ4v) is 2.79. The van der Waals surface area contributed by atoms with Crippen molar-refractivity contribution in [3.63, 3.8) is 0 Å². The fourth-order valence-electron chi connectivity index (χ4n) is 2.79. The van der Waals surface area contributed by atoms with E-state index in [2.05, 4.69) is 34.4 Å². The first-order chi connectivity index (χ1) is 14.4. The van der Waals surface area contributed by atoms with Crippen LogP contribution in [0.2, 0.25) is 0 Å². The van der Waals surface area contributed by atoms with E-state index in [0.29, 0.717) is 11.5 Å². The van der Waals surface area contributed by atoms with Crippen molar-refractivity contribution in [2.45, 2.75) is 53.3 Å². The number of aryl methyl sites for hydroxylation is 2. The van der Waals surface area contributed by atoms with E-state index in [4.69, 9.17) is 4.74 Å². The third-order valence-corrected chi connectivity index (χ3v) is 4.45. The van der Waals surface area contributed by atoms with Gasteiger partial charge in [0, 0.05) is 12.2 Å². The molecule has 0 aliphatic carbocycles. The number of carbonyl (C=O) groups is 1. The van der Waals surface area contributed by atoms with Crippen LogP contribution in [-0.2, 0) is 0 Å². The molecular weight excluding hydrogens is 409 g/mol. The molecule has 31 heavy (non-hydrogen) atoms. The van der Waals surface area contributed by atoms with Crippen molar-refractivity contribution in [1.29, 1.82) is 0 Å². The minimum absolute atomic E-state index is 0.163. The summed E-state index contributed by atoms with van der Waals surface area (Å²) < 4.78 is 41.9. The molecule has 2 heterocycles. The number of rotatable bonds is 9. The standard InChI is InChI=1S/C22H29F3N4O2/c1-13(2)11-27-20-10-17(9-15(4)28-20)16(5)29-21(30)18-8-14(3)19(12-26-18)31-7-6-22(23,24)25/h8-10,12-13,16H,6-7,11H2,1-5H3,(H,27,28)(H,29,30). The molecule has 0 spiro atoms. The van der Waals surface area contributed by atoms with E-state index < -0.39 is 19.2 Å². The second-order valence-electron chi connectivity index (χ2n) is 7.95. The molecule has 2 rings (SSSR count). The SMILES string of the molecule is Cc1cc(C(C)NC(=O)c2cc(C)c(OCCC(F)(F)F)cn2)cc(NCC(C)C)n1. The molecule has 1 unspecified atom stereocenters. The highest BCUT2D eigenvalue weighted by Gasteiger charge is 2.27. The molecule has 0 aromatic carbocycles. The third-order valence-electron chi connectivity index (χ3n) is 4.45. The molecule has 1 amide bonds. The first-order valence-corrected chi connectivity index (χ1v) is 10.1. The lowest BCUT2D eigenvalue weighted by Gasteiger charge is -2.17. The monoisotopic (exact) mass is 438 g/mol. The Labute approximate surface area is 180 Å². The predicted octanol–water partition coefficient (Wildman–Crippen LogP) is 4.98. The highest BCUT2D eigenvalue weighted by atomic mass is 19.4. The fraction of sp³-hybridized carbons (Fsp3) is 0.500. The van der Waals surface area contributed by atoms with Gasteiger partial charge in [-0.2, -0.15) is 13.2 Å². The summed E-state index contributed by atoms with van der Waals surface area (Å²) in [7, 11) is 0. The van der Waals surface area contributed by atoms with Crippen LogP contribution in [0.3, 0.4) is 0 Å². The van der Waals surface area contributed by atoms with Crippen LogP contribution in [0, 0.1) is 19.8 Å². The van der Waals surface area contributed by atoms with Gasteiger partial charge in [-0.05, 0) is 56.0 Å². The molecule has 2 N–H and O–H groups in total. The number of ether oxygens (including phenoxy) is 1. The second-order valence-corrected chi connectivity index (χ2v) is 7.95. The lowest BCUT2D eigenvalue weighted by atomic mass is 10.1. The normalized spacial score (nSPS) is 12.5. The second kappa shape index (κ2) is 10.5. The van der Waals surface area contributed by atoms with Gasteiger partial charge in [-0.25, -0.2) is 9.97 Å². The average molecular weight is 438 g/mol. The molecule has 0 radical (unpaired) electrons. The molecule has 6 nitrogen and oxygen atoms in total. The zero-order chi connectivity index (χ0) is 23.2. The van der Waals surface area contributed by atoms with E-state index >= 15 is 0 Å². The maximum atomic E-state index is 12.6. The van der Waals surface area contributed by atoms with Crippen molar-refractivity contribution in [2.24, 2.45) is 5.92 Å².